The van der Waals surface area contributed by atoms with Crippen molar-refractivity contribution >= 4 is 0 Å². The summed E-state index contributed by atoms with van der Waals surface area (Å²) in [4.78, 5) is 0. The molecule has 0 spiro atoms. The predicted molar refractivity (Wildman–Crippen MR) is 47.9 cm³/mol. The Morgan fingerprint density at radius 1 is 1.31 bits per heavy atom. The number of rotatable bonds is 0. The van der Waals surface area contributed by atoms with Gasteiger partial charge >= 0.3 is 0 Å². The van der Waals surface area contributed by atoms with Crippen LogP contribution in [0.25, 0.3) is 0 Å². The molecular formula is C10H11NO2. The highest BCUT2D eigenvalue weighted by atomic mass is 16.7. The number of benzene rings is 1. The topological polar surface area (TPSA) is 44.5 Å². The zero-order chi connectivity index (χ0) is 15.1. The van der Waals surface area contributed by atoms with Gasteiger partial charge < -0.3 is 15.2 Å². The summed E-state index contributed by atoms with van der Waals surface area (Å²) in [5, 5.41) is 0. The van der Waals surface area contributed by atoms with E-state index in [1.165, 1.54) is 0 Å². The van der Waals surface area contributed by atoms with Gasteiger partial charge in [0.1, 0.15) is 2.74 Å². The van der Waals surface area contributed by atoms with Crippen molar-refractivity contribution in [2.75, 3.05) is 6.75 Å². The van der Waals surface area contributed by atoms with Crippen molar-refractivity contribution in [2.24, 2.45) is 5.73 Å². The molecule has 2 N–H and O–H groups in total. The maximum absolute atomic E-state index is 7.91. The van der Waals surface area contributed by atoms with E-state index in [0.29, 0.717) is 0 Å². The van der Waals surface area contributed by atoms with Crippen molar-refractivity contribution in [3.63, 3.8) is 0 Å². The van der Waals surface area contributed by atoms with Crippen LogP contribution in [-0.4, -0.2) is 12.8 Å². The first-order valence-electron chi connectivity index (χ1n) is 7.26. The van der Waals surface area contributed by atoms with Crippen LogP contribution >= 0.6 is 0 Å². The number of nitrogens with two attached hydrogens (primary N) is 1. The first kappa shape index (κ1) is 3.17. The summed E-state index contributed by atoms with van der Waals surface area (Å²) >= 11 is 0. The van der Waals surface area contributed by atoms with Crippen LogP contribution in [0.5, 0.6) is 11.5 Å². The Hall–Kier alpha value is -1.22. The molecule has 3 rings (SSSR count). The lowest BCUT2D eigenvalue weighted by Crippen LogP contribution is -2.19. The molecule has 13 heavy (non-hydrogen) atoms. The third kappa shape index (κ3) is 1.00. The van der Waals surface area contributed by atoms with E-state index in [4.69, 9.17) is 24.8 Å². The summed E-state index contributed by atoms with van der Waals surface area (Å²) in [6, 6.07) is -0.205. The van der Waals surface area contributed by atoms with Gasteiger partial charge in [-0.1, -0.05) is 0 Å². The number of ether oxygens (including phenoxy) is 2. The van der Waals surface area contributed by atoms with Crippen molar-refractivity contribution in [3.8, 4) is 11.5 Å². The van der Waals surface area contributed by atoms with Crippen molar-refractivity contribution in [3.05, 3.63) is 23.3 Å². The van der Waals surface area contributed by atoms with Crippen LogP contribution in [-0.2, 0) is 12.7 Å². The lowest BCUT2D eigenvalue weighted by molar-refractivity contribution is 0.174. The SMILES string of the molecule is [2H]C1([2H])Oc2cc3c(cc2O1)C([2H])([2H])C([2H])(N)C3([2H])[2H]. The van der Waals surface area contributed by atoms with Gasteiger partial charge in [0, 0.05) is 12.9 Å². The van der Waals surface area contributed by atoms with Crippen LogP contribution in [0.4, 0.5) is 0 Å². The molecule has 0 fully saturated rings. The molecule has 1 aromatic carbocycles. The Morgan fingerprint density at radius 2 is 1.85 bits per heavy atom. The molecule has 0 amide bonds. The molecule has 1 aliphatic carbocycles. The van der Waals surface area contributed by atoms with Gasteiger partial charge in [-0.05, 0) is 36.0 Å². The van der Waals surface area contributed by atoms with E-state index in [2.05, 4.69) is 0 Å². The van der Waals surface area contributed by atoms with E-state index >= 15 is 0 Å². The lowest BCUT2D eigenvalue weighted by Gasteiger charge is -2.00. The standard InChI is InChI=1S/C10H11NO2/c11-8-1-6-3-9-10(13-5-12-9)4-7(6)2-8/h3-4,8H,1-2,5,11H2/i1D2,2D2,5D2,8D. The zero-order valence-electron chi connectivity index (χ0n) is 13.5. The molecule has 68 valence electrons. The number of hydrogen-bond acceptors (Lipinski definition) is 3. The molecule has 3 nitrogen and oxygen atoms in total. The van der Waals surface area contributed by atoms with E-state index in [1.54, 1.807) is 0 Å². The highest BCUT2D eigenvalue weighted by Gasteiger charge is 2.23. The van der Waals surface area contributed by atoms with Crippen LogP contribution < -0.4 is 15.2 Å². The molecule has 0 saturated heterocycles. The number of hydrogen-bond donors (Lipinski definition) is 1. The van der Waals surface area contributed by atoms with Crippen molar-refractivity contribution < 1.29 is 19.1 Å². The predicted octanol–water partition coefficient (Wildman–Crippen LogP) is 0.841. The molecule has 1 heterocycles. The molecule has 0 radical (unpaired) electrons. The Morgan fingerprint density at radius 3 is 2.38 bits per heavy atom. The van der Waals surface area contributed by atoms with Gasteiger partial charge in [0.25, 0.3) is 0 Å². The second-order valence-electron chi connectivity index (χ2n) is 2.80. The van der Waals surface area contributed by atoms with Gasteiger partial charge in [-0.25, -0.2) is 0 Å². The first-order chi connectivity index (χ1) is 8.90. The minimum atomic E-state index is -2.50. The maximum Gasteiger partial charge on any atom is 0.231 e. The van der Waals surface area contributed by atoms with E-state index in [9.17, 15) is 0 Å². The van der Waals surface area contributed by atoms with Gasteiger partial charge in [0.05, 0.1) is 0 Å². The Balaban J connectivity index is 2.24. The molecule has 0 bridgehead atoms. The smallest absolute Gasteiger partial charge is 0.231 e. The van der Waals surface area contributed by atoms with E-state index in [1.807, 2.05) is 0 Å². The van der Waals surface area contributed by atoms with Gasteiger partial charge in [0.2, 0.25) is 6.75 Å². The molecule has 0 atom stereocenters. The van der Waals surface area contributed by atoms with Gasteiger partial charge in [-0.2, -0.15) is 0 Å². The highest BCUT2D eigenvalue weighted by Crippen LogP contribution is 2.37. The van der Waals surface area contributed by atoms with E-state index in [-0.39, 0.29) is 22.6 Å². The van der Waals surface area contributed by atoms with Crippen LogP contribution in [0.1, 0.15) is 20.7 Å². The summed E-state index contributed by atoms with van der Waals surface area (Å²) in [6.07, 6.45) is -4.89. The van der Waals surface area contributed by atoms with Crippen molar-refractivity contribution in [1.82, 2.24) is 0 Å². The minimum absolute atomic E-state index is 0.0360. The monoisotopic (exact) mass is 184 g/mol. The molecule has 0 saturated carbocycles. The normalized spacial score (nSPS) is 41.2. The fraction of sp³-hybridized carbons (Fsp3) is 0.400. The van der Waals surface area contributed by atoms with Gasteiger partial charge in [-0.3, -0.25) is 0 Å². The van der Waals surface area contributed by atoms with Gasteiger partial charge in [0.15, 0.2) is 11.5 Å². The molecule has 3 heteroatoms. The largest absolute Gasteiger partial charge is 0.454 e. The lowest BCUT2D eigenvalue weighted by atomic mass is 10.1. The molecule has 0 aromatic heterocycles. The molecule has 2 aliphatic rings. The second-order valence-corrected chi connectivity index (χ2v) is 2.80. The Bertz CT molecular complexity index is 565. The van der Waals surface area contributed by atoms with E-state index < -0.39 is 25.5 Å². The minimum Gasteiger partial charge on any atom is -0.454 e. The first-order valence-corrected chi connectivity index (χ1v) is 3.76. The summed E-state index contributed by atoms with van der Waals surface area (Å²) in [5.41, 5.74) is 5.31. The van der Waals surface area contributed by atoms with E-state index in [0.717, 1.165) is 12.1 Å². The fourth-order valence-corrected chi connectivity index (χ4v) is 1.36. The zero-order valence-corrected chi connectivity index (χ0v) is 6.55. The Labute approximate surface area is 86.3 Å². The maximum atomic E-state index is 7.91. The summed E-state index contributed by atoms with van der Waals surface area (Å²) in [7, 11) is 0. The third-order valence-electron chi connectivity index (χ3n) is 1.93. The average Bonchev–Trinajstić information content (AvgIpc) is 2.62. The van der Waals surface area contributed by atoms with Crippen molar-refractivity contribution in [2.45, 2.75) is 18.8 Å². The molecular weight excluding hydrogens is 166 g/mol. The second kappa shape index (κ2) is 2.39. The summed E-state index contributed by atoms with van der Waals surface area (Å²) in [6.45, 7) is -2.38. The number of fused-ring (bicyclic) bond motifs is 2. The Kier molecular flexibility index (Phi) is 0.582. The van der Waals surface area contributed by atoms with Crippen LogP contribution in [0.3, 0.4) is 0 Å². The quantitative estimate of drug-likeness (QED) is 0.650. The fourth-order valence-electron chi connectivity index (χ4n) is 1.36. The van der Waals surface area contributed by atoms with Crippen LogP contribution in [0, 0.1) is 0 Å². The summed E-state index contributed by atoms with van der Waals surface area (Å²) < 4.78 is 63.9. The van der Waals surface area contributed by atoms with Crippen molar-refractivity contribution in [1.29, 1.82) is 0 Å². The van der Waals surface area contributed by atoms with Crippen LogP contribution in [0.2, 0.25) is 0 Å². The van der Waals surface area contributed by atoms with Gasteiger partial charge in [-0.15, -0.1) is 0 Å². The molecule has 0 unspecified atom stereocenters. The summed E-state index contributed by atoms with van der Waals surface area (Å²) in [5.74, 6) is -0.0720. The highest BCUT2D eigenvalue weighted by molar-refractivity contribution is 5.50. The third-order valence-corrected chi connectivity index (χ3v) is 1.93. The average molecular weight is 184 g/mol. The molecule has 1 aliphatic heterocycles. The molecule has 1 aromatic rings. The van der Waals surface area contributed by atoms with Crippen LogP contribution in [0.15, 0.2) is 12.1 Å².